The van der Waals surface area contributed by atoms with Crippen molar-refractivity contribution in [3.8, 4) is 0 Å². The number of anilines is 1. The van der Waals surface area contributed by atoms with Gasteiger partial charge in [-0.1, -0.05) is 18.6 Å². The third kappa shape index (κ3) is 4.58. The van der Waals surface area contributed by atoms with Crippen molar-refractivity contribution in [1.29, 1.82) is 0 Å². The Kier molecular flexibility index (Phi) is 5.79. The molecule has 3 aliphatic rings. The third-order valence-electron chi connectivity index (χ3n) is 6.07. The number of hydrogen-bond acceptors (Lipinski definition) is 5. The topological polar surface area (TPSA) is 39.2 Å². The van der Waals surface area contributed by atoms with Gasteiger partial charge in [0.1, 0.15) is 0 Å². The lowest BCUT2D eigenvalue weighted by molar-refractivity contribution is 0.00635. The number of nitrogens with zero attached hydrogens (tertiary/aromatic N) is 3. The van der Waals surface area contributed by atoms with Gasteiger partial charge in [-0.3, -0.25) is 4.90 Å². The molecule has 1 aromatic carbocycles. The molecule has 1 atom stereocenters. The van der Waals surface area contributed by atoms with E-state index in [1.807, 2.05) is 0 Å². The quantitative estimate of drug-likeness (QED) is 0.870. The maximum Gasteiger partial charge on any atom is 0.0912 e. The first-order valence-corrected chi connectivity index (χ1v) is 10.3. The zero-order valence-electron chi connectivity index (χ0n) is 15.9. The molecule has 0 bridgehead atoms. The molecule has 0 amide bonds. The molecule has 1 N–H and O–H groups in total. The van der Waals surface area contributed by atoms with Crippen molar-refractivity contribution < 1.29 is 9.84 Å². The van der Waals surface area contributed by atoms with Crippen LogP contribution in [-0.2, 0) is 11.3 Å². The minimum Gasteiger partial charge on any atom is -0.387 e. The van der Waals surface area contributed by atoms with E-state index >= 15 is 0 Å². The fourth-order valence-electron chi connectivity index (χ4n) is 4.67. The molecule has 3 aliphatic heterocycles. The van der Waals surface area contributed by atoms with Gasteiger partial charge in [0.05, 0.1) is 18.8 Å². The minimum atomic E-state index is -0.529. The van der Waals surface area contributed by atoms with E-state index in [0.717, 1.165) is 72.0 Å². The highest BCUT2D eigenvalue weighted by Crippen LogP contribution is 2.26. The number of ether oxygens (including phenoxy) is 1. The van der Waals surface area contributed by atoms with E-state index in [2.05, 4.69) is 39.0 Å². The van der Waals surface area contributed by atoms with Gasteiger partial charge in [0.2, 0.25) is 0 Å². The molecule has 0 aliphatic carbocycles. The number of hydrogen-bond donors (Lipinski definition) is 1. The molecule has 3 heterocycles. The van der Waals surface area contributed by atoms with Crippen molar-refractivity contribution in [2.24, 2.45) is 0 Å². The van der Waals surface area contributed by atoms with Crippen LogP contribution in [0.1, 0.15) is 31.2 Å². The van der Waals surface area contributed by atoms with Crippen molar-refractivity contribution in [3.05, 3.63) is 29.8 Å². The molecule has 0 spiro atoms. The number of β-amino-alcohol motifs (C(OH)–C–C–N with tert-alkyl or cyclic N) is 1. The number of morpholine rings is 1. The van der Waals surface area contributed by atoms with Crippen LogP contribution in [0, 0.1) is 0 Å². The van der Waals surface area contributed by atoms with Gasteiger partial charge in [-0.2, -0.15) is 0 Å². The molecule has 0 aromatic heterocycles. The molecule has 1 unspecified atom stereocenters. The number of rotatable bonds is 5. The van der Waals surface area contributed by atoms with E-state index in [1.54, 1.807) is 0 Å². The molecule has 0 radical (unpaired) electrons. The summed E-state index contributed by atoms with van der Waals surface area (Å²) in [5, 5.41) is 11.0. The average molecular weight is 360 g/mol. The Morgan fingerprint density at radius 1 is 0.962 bits per heavy atom. The SMILES string of the molecule is OC1(CN2CCCCC2)CCN(Cc2cccc(N3CCOCC3)c2)C1. The number of piperidine rings is 1. The van der Waals surface area contributed by atoms with Crippen LogP contribution in [0.25, 0.3) is 0 Å². The van der Waals surface area contributed by atoms with E-state index in [-0.39, 0.29) is 0 Å². The zero-order chi connectivity index (χ0) is 17.8. The van der Waals surface area contributed by atoms with Crippen LogP contribution in [0.3, 0.4) is 0 Å². The minimum absolute atomic E-state index is 0.529. The summed E-state index contributed by atoms with van der Waals surface area (Å²) >= 11 is 0. The Morgan fingerprint density at radius 2 is 1.77 bits per heavy atom. The maximum absolute atomic E-state index is 11.0. The third-order valence-corrected chi connectivity index (χ3v) is 6.07. The van der Waals surface area contributed by atoms with E-state index in [9.17, 15) is 5.11 Å². The number of benzene rings is 1. The fourth-order valence-corrected chi connectivity index (χ4v) is 4.67. The van der Waals surface area contributed by atoms with Crippen LogP contribution in [-0.4, -0.2) is 79.5 Å². The highest BCUT2D eigenvalue weighted by molar-refractivity contribution is 5.49. The first kappa shape index (κ1) is 18.2. The highest BCUT2D eigenvalue weighted by Gasteiger charge is 2.37. The van der Waals surface area contributed by atoms with Crippen molar-refractivity contribution in [1.82, 2.24) is 9.80 Å². The molecule has 3 saturated heterocycles. The maximum atomic E-state index is 11.0. The highest BCUT2D eigenvalue weighted by atomic mass is 16.5. The second-order valence-corrected chi connectivity index (χ2v) is 8.29. The van der Waals surface area contributed by atoms with Crippen LogP contribution in [0.5, 0.6) is 0 Å². The van der Waals surface area contributed by atoms with Crippen LogP contribution in [0.15, 0.2) is 24.3 Å². The van der Waals surface area contributed by atoms with E-state index in [1.165, 1.54) is 30.5 Å². The Bertz CT molecular complexity index is 584. The second-order valence-electron chi connectivity index (χ2n) is 8.29. The van der Waals surface area contributed by atoms with Gasteiger partial charge in [-0.25, -0.2) is 0 Å². The predicted molar refractivity (Wildman–Crippen MR) is 105 cm³/mol. The van der Waals surface area contributed by atoms with Crippen molar-refractivity contribution >= 4 is 5.69 Å². The predicted octanol–water partition coefficient (Wildman–Crippen LogP) is 1.95. The molecule has 1 aromatic rings. The van der Waals surface area contributed by atoms with Gasteiger partial charge in [0, 0.05) is 45.0 Å². The summed E-state index contributed by atoms with van der Waals surface area (Å²) in [5.74, 6) is 0. The summed E-state index contributed by atoms with van der Waals surface area (Å²) in [5.41, 5.74) is 2.11. The fraction of sp³-hybridized carbons (Fsp3) is 0.714. The smallest absolute Gasteiger partial charge is 0.0912 e. The Hall–Kier alpha value is -1.14. The standard InChI is InChI=1S/C21H33N3O2/c25-21(17-22-8-2-1-3-9-22)7-10-23(18-21)16-19-5-4-6-20(15-19)24-11-13-26-14-12-24/h4-6,15,25H,1-3,7-14,16-18H2. The largest absolute Gasteiger partial charge is 0.387 e. The average Bonchev–Trinajstić information content (AvgIpc) is 3.03. The first-order chi connectivity index (χ1) is 12.7. The zero-order valence-corrected chi connectivity index (χ0v) is 15.9. The van der Waals surface area contributed by atoms with Gasteiger partial charge >= 0.3 is 0 Å². The Morgan fingerprint density at radius 3 is 2.58 bits per heavy atom. The molecule has 4 rings (SSSR count). The molecule has 144 valence electrons. The summed E-state index contributed by atoms with van der Waals surface area (Å²) in [6.07, 6.45) is 4.81. The van der Waals surface area contributed by atoms with Crippen LogP contribution in [0.4, 0.5) is 5.69 Å². The van der Waals surface area contributed by atoms with Gasteiger partial charge in [-0.15, -0.1) is 0 Å². The summed E-state index contributed by atoms with van der Waals surface area (Å²) in [6, 6.07) is 8.89. The van der Waals surface area contributed by atoms with Gasteiger partial charge < -0.3 is 19.6 Å². The van der Waals surface area contributed by atoms with E-state index in [0.29, 0.717) is 0 Å². The second kappa shape index (κ2) is 8.26. The molecule has 0 saturated carbocycles. The van der Waals surface area contributed by atoms with Crippen LogP contribution >= 0.6 is 0 Å². The monoisotopic (exact) mass is 359 g/mol. The molecule has 5 nitrogen and oxygen atoms in total. The molecule has 3 fully saturated rings. The van der Waals surface area contributed by atoms with Crippen molar-refractivity contribution in [3.63, 3.8) is 0 Å². The Labute approximate surface area is 157 Å². The van der Waals surface area contributed by atoms with Gasteiger partial charge in [-0.05, 0) is 50.0 Å². The van der Waals surface area contributed by atoms with E-state index in [4.69, 9.17) is 4.74 Å². The lowest BCUT2D eigenvalue weighted by Gasteiger charge is -2.34. The number of likely N-dealkylation sites (tertiary alicyclic amines) is 2. The van der Waals surface area contributed by atoms with Crippen molar-refractivity contribution in [2.75, 3.05) is 63.9 Å². The van der Waals surface area contributed by atoms with Crippen LogP contribution < -0.4 is 4.90 Å². The normalized spacial score (nSPS) is 28.6. The lowest BCUT2D eigenvalue weighted by Crippen LogP contribution is -2.46. The van der Waals surface area contributed by atoms with Crippen LogP contribution in [0.2, 0.25) is 0 Å². The van der Waals surface area contributed by atoms with Crippen molar-refractivity contribution in [2.45, 2.75) is 37.8 Å². The van der Waals surface area contributed by atoms with Gasteiger partial charge in [0.15, 0.2) is 0 Å². The molecule has 26 heavy (non-hydrogen) atoms. The van der Waals surface area contributed by atoms with E-state index < -0.39 is 5.60 Å². The number of aliphatic hydroxyl groups is 1. The summed E-state index contributed by atoms with van der Waals surface area (Å²) in [7, 11) is 0. The molecular formula is C21H33N3O2. The summed E-state index contributed by atoms with van der Waals surface area (Å²) < 4.78 is 5.46. The molecule has 5 heteroatoms. The lowest BCUT2D eigenvalue weighted by atomic mass is 10.0. The molecular weight excluding hydrogens is 326 g/mol. The summed E-state index contributed by atoms with van der Waals surface area (Å²) in [4.78, 5) is 7.29. The van der Waals surface area contributed by atoms with Gasteiger partial charge in [0.25, 0.3) is 0 Å². The summed E-state index contributed by atoms with van der Waals surface area (Å²) in [6.45, 7) is 9.47. The Balaban J connectivity index is 1.33. The first-order valence-electron chi connectivity index (χ1n) is 10.3.